The molecule has 3 rings (SSSR count). The molecule has 20 heavy (non-hydrogen) atoms. The van der Waals surface area contributed by atoms with Crippen LogP contribution in [0.15, 0.2) is 30.5 Å². The molecule has 0 amide bonds. The number of phenolic OH excluding ortho intramolecular Hbond substituents is 1. The Balaban J connectivity index is 1.84. The summed E-state index contributed by atoms with van der Waals surface area (Å²) in [4.78, 5) is 4.44. The van der Waals surface area contributed by atoms with Crippen LogP contribution < -0.4 is 10.6 Å². The molecule has 4 nitrogen and oxygen atoms in total. The zero-order valence-electron chi connectivity index (χ0n) is 11.8. The summed E-state index contributed by atoms with van der Waals surface area (Å²) < 4.78 is 0. The van der Waals surface area contributed by atoms with Crippen LogP contribution in [0.4, 0.5) is 5.82 Å². The van der Waals surface area contributed by atoms with E-state index in [9.17, 15) is 5.11 Å². The molecule has 3 N–H and O–H groups in total. The van der Waals surface area contributed by atoms with Crippen molar-refractivity contribution >= 4 is 16.6 Å². The fourth-order valence-electron chi connectivity index (χ4n) is 2.91. The molecule has 106 valence electrons. The minimum absolute atomic E-state index is 0.278. The normalized spacial score (nSPS) is 20.8. The molecule has 2 atom stereocenters. The number of benzene rings is 1. The first kappa shape index (κ1) is 13.2. The van der Waals surface area contributed by atoms with Gasteiger partial charge in [0.25, 0.3) is 0 Å². The summed E-state index contributed by atoms with van der Waals surface area (Å²) in [5.41, 5.74) is 0. The Hall–Kier alpha value is -1.81. The van der Waals surface area contributed by atoms with Crippen LogP contribution in [0, 0.1) is 5.92 Å². The van der Waals surface area contributed by atoms with E-state index in [-0.39, 0.29) is 5.75 Å². The summed E-state index contributed by atoms with van der Waals surface area (Å²) in [5, 5.41) is 18.7. The predicted molar refractivity (Wildman–Crippen MR) is 82.1 cm³/mol. The van der Waals surface area contributed by atoms with Gasteiger partial charge in [-0.15, -0.1) is 0 Å². The summed E-state index contributed by atoms with van der Waals surface area (Å²) >= 11 is 0. The highest BCUT2D eigenvalue weighted by Crippen LogP contribution is 2.27. The first-order valence-electron chi connectivity index (χ1n) is 7.29. The van der Waals surface area contributed by atoms with Crippen LogP contribution in [-0.2, 0) is 0 Å². The minimum Gasteiger partial charge on any atom is -0.508 e. The Labute approximate surface area is 119 Å². The molecule has 2 heterocycles. The zero-order chi connectivity index (χ0) is 13.9. The highest BCUT2D eigenvalue weighted by molar-refractivity contribution is 5.92. The molecule has 0 spiro atoms. The molecular weight excluding hydrogens is 250 g/mol. The summed E-state index contributed by atoms with van der Waals surface area (Å²) in [6.07, 6.45) is 4.30. The molecule has 4 heteroatoms. The molecule has 1 aromatic heterocycles. The highest BCUT2D eigenvalue weighted by atomic mass is 16.3. The van der Waals surface area contributed by atoms with Crippen LogP contribution >= 0.6 is 0 Å². The molecule has 2 aromatic rings. The van der Waals surface area contributed by atoms with E-state index in [1.165, 1.54) is 12.8 Å². The summed E-state index contributed by atoms with van der Waals surface area (Å²) in [6, 6.07) is 7.73. The molecule has 0 radical (unpaired) electrons. The van der Waals surface area contributed by atoms with E-state index in [2.05, 4.69) is 22.5 Å². The van der Waals surface area contributed by atoms with Gasteiger partial charge in [0.1, 0.15) is 11.6 Å². The Bertz CT molecular complexity index is 593. The average molecular weight is 271 g/mol. The number of aromatic hydroxyl groups is 1. The number of anilines is 1. The van der Waals surface area contributed by atoms with Crippen molar-refractivity contribution in [2.24, 2.45) is 5.92 Å². The quantitative estimate of drug-likeness (QED) is 0.803. The maximum absolute atomic E-state index is 9.67. The number of nitrogens with zero attached hydrogens (tertiary/aromatic N) is 1. The van der Waals surface area contributed by atoms with Gasteiger partial charge in [-0.2, -0.15) is 0 Å². The lowest BCUT2D eigenvalue weighted by atomic mass is 9.93. The fourth-order valence-corrected chi connectivity index (χ4v) is 2.91. The Morgan fingerprint density at radius 2 is 2.30 bits per heavy atom. The van der Waals surface area contributed by atoms with Gasteiger partial charge in [-0.05, 0) is 62.4 Å². The third kappa shape index (κ3) is 2.70. The van der Waals surface area contributed by atoms with Crippen molar-refractivity contribution in [2.45, 2.75) is 25.8 Å². The van der Waals surface area contributed by atoms with Gasteiger partial charge in [-0.1, -0.05) is 6.07 Å². The van der Waals surface area contributed by atoms with Crippen LogP contribution in [0.5, 0.6) is 5.75 Å². The lowest BCUT2D eigenvalue weighted by molar-refractivity contribution is 0.347. The monoisotopic (exact) mass is 271 g/mol. The molecule has 0 aliphatic carbocycles. The first-order chi connectivity index (χ1) is 9.74. The van der Waals surface area contributed by atoms with Gasteiger partial charge in [0, 0.05) is 17.6 Å². The van der Waals surface area contributed by atoms with Gasteiger partial charge >= 0.3 is 0 Å². The number of fused-ring (bicyclic) bond motifs is 1. The zero-order valence-corrected chi connectivity index (χ0v) is 11.8. The summed E-state index contributed by atoms with van der Waals surface area (Å²) in [7, 11) is 0. The fraction of sp³-hybridized carbons (Fsp3) is 0.438. The van der Waals surface area contributed by atoms with E-state index in [1.54, 1.807) is 12.1 Å². The Kier molecular flexibility index (Phi) is 3.74. The average Bonchev–Trinajstić information content (AvgIpc) is 2.49. The molecule has 1 saturated heterocycles. The van der Waals surface area contributed by atoms with Gasteiger partial charge in [0.05, 0.1) is 0 Å². The predicted octanol–water partition coefficient (Wildman–Crippen LogP) is 2.74. The maximum atomic E-state index is 9.67. The van der Waals surface area contributed by atoms with Crippen molar-refractivity contribution in [1.82, 2.24) is 10.3 Å². The number of phenols is 1. The lowest BCUT2D eigenvalue weighted by Crippen LogP contribution is -2.38. The number of nitrogens with one attached hydrogen (secondary N) is 2. The molecule has 0 bridgehead atoms. The van der Waals surface area contributed by atoms with Crippen molar-refractivity contribution in [3.05, 3.63) is 30.5 Å². The van der Waals surface area contributed by atoms with Crippen LogP contribution in [0.25, 0.3) is 10.8 Å². The first-order valence-corrected chi connectivity index (χ1v) is 7.29. The number of rotatable bonds is 3. The molecule has 1 aromatic carbocycles. The van der Waals surface area contributed by atoms with Crippen molar-refractivity contribution in [3.8, 4) is 5.75 Å². The number of hydrogen-bond acceptors (Lipinski definition) is 4. The van der Waals surface area contributed by atoms with E-state index in [4.69, 9.17) is 0 Å². The SMILES string of the molecule is CC(Nc1nccc2ccc(O)cc12)C1CCCNC1. The third-order valence-electron chi connectivity index (χ3n) is 4.16. The van der Waals surface area contributed by atoms with Crippen molar-refractivity contribution in [1.29, 1.82) is 0 Å². The highest BCUT2D eigenvalue weighted by Gasteiger charge is 2.20. The van der Waals surface area contributed by atoms with Crippen molar-refractivity contribution in [3.63, 3.8) is 0 Å². The largest absolute Gasteiger partial charge is 0.508 e. The van der Waals surface area contributed by atoms with Crippen LogP contribution in [0.2, 0.25) is 0 Å². The molecule has 0 saturated carbocycles. The minimum atomic E-state index is 0.278. The van der Waals surface area contributed by atoms with Gasteiger partial charge in [-0.3, -0.25) is 0 Å². The van der Waals surface area contributed by atoms with E-state index in [0.717, 1.165) is 29.7 Å². The second-order valence-electron chi connectivity index (χ2n) is 5.60. The number of pyridine rings is 1. The smallest absolute Gasteiger partial charge is 0.134 e. The van der Waals surface area contributed by atoms with E-state index >= 15 is 0 Å². The van der Waals surface area contributed by atoms with Crippen LogP contribution in [0.3, 0.4) is 0 Å². The van der Waals surface area contributed by atoms with Gasteiger partial charge < -0.3 is 15.7 Å². The number of aromatic nitrogens is 1. The molecule has 2 unspecified atom stereocenters. The van der Waals surface area contributed by atoms with Gasteiger partial charge in [0.15, 0.2) is 0 Å². The second-order valence-corrected chi connectivity index (χ2v) is 5.60. The second kappa shape index (κ2) is 5.67. The summed E-state index contributed by atoms with van der Waals surface area (Å²) in [6.45, 7) is 4.40. The molecule has 1 aliphatic rings. The molecule has 1 fully saturated rings. The Morgan fingerprint density at radius 1 is 1.40 bits per heavy atom. The molecule has 1 aliphatic heterocycles. The van der Waals surface area contributed by atoms with Gasteiger partial charge in [0.2, 0.25) is 0 Å². The molecular formula is C16H21N3O. The van der Waals surface area contributed by atoms with Crippen molar-refractivity contribution in [2.75, 3.05) is 18.4 Å². The number of piperidine rings is 1. The Morgan fingerprint density at radius 3 is 3.10 bits per heavy atom. The van der Waals surface area contributed by atoms with Crippen LogP contribution in [0.1, 0.15) is 19.8 Å². The summed E-state index contributed by atoms with van der Waals surface area (Å²) in [5.74, 6) is 1.76. The topological polar surface area (TPSA) is 57.2 Å². The third-order valence-corrected chi connectivity index (χ3v) is 4.16. The van der Waals surface area contributed by atoms with Crippen LogP contribution in [-0.4, -0.2) is 29.2 Å². The van der Waals surface area contributed by atoms with Gasteiger partial charge in [-0.25, -0.2) is 4.98 Å². The standard InChI is InChI=1S/C16H21N3O/c1-11(13-3-2-7-17-10-13)19-16-15-9-14(20)5-4-12(15)6-8-18-16/h4-6,8-9,11,13,17,20H,2-3,7,10H2,1H3,(H,18,19). The number of hydrogen-bond donors (Lipinski definition) is 3. The maximum Gasteiger partial charge on any atom is 0.134 e. The van der Waals surface area contributed by atoms with E-state index in [1.807, 2.05) is 18.3 Å². The van der Waals surface area contributed by atoms with E-state index < -0.39 is 0 Å². The van der Waals surface area contributed by atoms with Crippen molar-refractivity contribution < 1.29 is 5.11 Å². The lowest BCUT2D eigenvalue weighted by Gasteiger charge is -2.29. The van der Waals surface area contributed by atoms with E-state index in [0.29, 0.717) is 12.0 Å².